The van der Waals surface area contributed by atoms with Crippen molar-refractivity contribution in [3.63, 3.8) is 0 Å². The topological polar surface area (TPSA) is 37.3 Å². The summed E-state index contributed by atoms with van der Waals surface area (Å²) < 4.78 is 0. The monoisotopic (exact) mass is 341 g/mol. The van der Waals surface area contributed by atoms with Crippen molar-refractivity contribution in [2.75, 3.05) is 5.43 Å². The number of rotatable bonds is 4. The standard InChI is InChI=1S/C20H27N3S/c1-2-4-14(5-3-1)12-21-23-19-22-18(13-24-19)20-9-15-6-16(10-20)8-17(7-15)11-20/h1-2,12-17H,3-11H2,(H,22,23). The molecule has 4 saturated carbocycles. The van der Waals surface area contributed by atoms with Gasteiger partial charge in [-0.3, -0.25) is 5.43 Å². The van der Waals surface area contributed by atoms with Crippen molar-refractivity contribution >= 4 is 22.7 Å². The van der Waals surface area contributed by atoms with Crippen LogP contribution < -0.4 is 5.43 Å². The lowest BCUT2D eigenvalue weighted by Gasteiger charge is -2.56. The summed E-state index contributed by atoms with van der Waals surface area (Å²) in [7, 11) is 0. The Hall–Kier alpha value is -1.16. The molecule has 1 unspecified atom stereocenters. The van der Waals surface area contributed by atoms with Gasteiger partial charge in [-0.25, -0.2) is 4.98 Å². The Bertz CT molecular complexity index is 624. The summed E-state index contributed by atoms with van der Waals surface area (Å²) >= 11 is 1.74. The highest BCUT2D eigenvalue weighted by Gasteiger charge is 2.52. The molecule has 4 bridgehead atoms. The number of thiazole rings is 1. The van der Waals surface area contributed by atoms with E-state index in [9.17, 15) is 0 Å². The lowest BCUT2D eigenvalue weighted by atomic mass is 9.49. The summed E-state index contributed by atoms with van der Waals surface area (Å²) in [6.07, 6.45) is 18.8. The Morgan fingerprint density at radius 2 is 1.88 bits per heavy atom. The van der Waals surface area contributed by atoms with Gasteiger partial charge >= 0.3 is 0 Å². The normalized spacial score (nSPS) is 40.5. The Morgan fingerprint density at radius 3 is 2.54 bits per heavy atom. The summed E-state index contributed by atoms with van der Waals surface area (Å²) in [5, 5.41) is 7.75. The van der Waals surface area contributed by atoms with Crippen LogP contribution in [0.1, 0.15) is 63.5 Å². The SMILES string of the molecule is C1=CCC(C=NNc2nc(C34CC5CC(CC(C5)C3)C4)cs2)CC1. The van der Waals surface area contributed by atoms with Crippen LogP contribution in [0.25, 0.3) is 0 Å². The molecule has 5 aliphatic rings. The maximum Gasteiger partial charge on any atom is 0.203 e. The van der Waals surface area contributed by atoms with E-state index in [4.69, 9.17) is 4.98 Å². The first kappa shape index (κ1) is 15.1. The molecule has 1 aromatic heterocycles. The van der Waals surface area contributed by atoms with Crippen LogP contribution >= 0.6 is 11.3 Å². The molecule has 0 aromatic carbocycles. The van der Waals surface area contributed by atoms with Crippen LogP contribution in [0.4, 0.5) is 5.13 Å². The van der Waals surface area contributed by atoms with E-state index in [2.05, 4.69) is 34.3 Å². The number of allylic oxidation sites excluding steroid dienone is 2. The fourth-order valence-electron chi connectivity index (χ4n) is 6.14. The van der Waals surface area contributed by atoms with Gasteiger partial charge in [-0.15, -0.1) is 11.3 Å². The van der Waals surface area contributed by atoms with Crippen LogP contribution in [0, 0.1) is 23.7 Å². The van der Waals surface area contributed by atoms with Crippen molar-refractivity contribution in [1.82, 2.24) is 4.98 Å². The predicted molar refractivity (Wildman–Crippen MR) is 101 cm³/mol. The molecule has 4 heteroatoms. The molecule has 0 aliphatic heterocycles. The van der Waals surface area contributed by atoms with E-state index < -0.39 is 0 Å². The fraction of sp³-hybridized carbons (Fsp3) is 0.700. The summed E-state index contributed by atoms with van der Waals surface area (Å²) in [5.74, 6) is 3.52. The van der Waals surface area contributed by atoms with Crippen molar-refractivity contribution < 1.29 is 0 Å². The number of hydrogen-bond donors (Lipinski definition) is 1. The smallest absolute Gasteiger partial charge is 0.203 e. The molecular formula is C20H27N3S. The van der Waals surface area contributed by atoms with Crippen LogP contribution in [0.15, 0.2) is 22.6 Å². The van der Waals surface area contributed by atoms with E-state index in [-0.39, 0.29) is 0 Å². The van der Waals surface area contributed by atoms with Crippen LogP contribution in [0.5, 0.6) is 0 Å². The van der Waals surface area contributed by atoms with E-state index in [0.717, 1.165) is 29.3 Å². The summed E-state index contributed by atoms with van der Waals surface area (Å²) in [6.45, 7) is 0. The average Bonchev–Trinajstić information content (AvgIpc) is 3.04. The molecule has 0 saturated heterocycles. The third-order valence-corrected chi connectivity index (χ3v) is 7.59. The van der Waals surface area contributed by atoms with E-state index in [1.807, 2.05) is 0 Å². The van der Waals surface area contributed by atoms with Gasteiger partial charge in [-0.05, 0) is 81.5 Å². The molecule has 6 rings (SSSR count). The second kappa shape index (κ2) is 5.98. The molecular weight excluding hydrogens is 314 g/mol. The highest BCUT2D eigenvalue weighted by molar-refractivity contribution is 7.13. The zero-order valence-corrected chi connectivity index (χ0v) is 15.1. The molecule has 24 heavy (non-hydrogen) atoms. The summed E-state index contributed by atoms with van der Waals surface area (Å²) in [5.41, 5.74) is 4.97. The van der Waals surface area contributed by atoms with Crippen molar-refractivity contribution in [2.45, 2.75) is 63.2 Å². The van der Waals surface area contributed by atoms with Crippen LogP contribution in [0.3, 0.4) is 0 Å². The van der Waals surface area contributed by atoms with E-state index in [1.54, 1.807) is 11.3 Å². The molecule has 4 fully saturated rings. The Labute approximate surface area is 148 Å². The number of hydrogen-bond acceptors (Lipinski definition) is 4. The summed E-state index contributed by atoms with van der Waals surface area (Å²) in [4.78, 5) is 4.96. The number of aromatic nitrogens is 1. The Morgan fingerprint density at radius 1 is 1.12 bits per heavy atom. The third kappa shape index (κ3) is 2.73. The van der Waals surface area contributed by atoms with E-state index in [1.165, 1.54) is 57.1 Å². The predicted octanol–water partition coefficient (Wildman–Crippen LogP) is 5.36. The van der Waals surface area contributed by atoms with Gasteiger partial charge in [0, 0.05) is 17.0 Å². The highest BCUT2D eigenvalue weighted by Crippen LogP contribution is 2.60. The van der Waals surface area contributed by atoms with Gasteiger partial charge in [0.25, 0.3) is 0 Å². The minimum atomic E-state index is 0.406. The molecule has 0 spiro atoms. The maximum atomic E-state index is 4.96. The second-order valence-electron chi connectivity index (χ2n) is 8.67. The van der Waals surface area contributed by atoms with Crippen LogP contribution in [0.2, 0.25) is 0 Å². The van der Waals surface area contributed by atoms with Crippen LogP contribution in [-0.4, -0.2) is 11.2 Å². The lowest BCUT2D eigenvalue weighted by Crippen LogP contribution is -2.48. The fourth-order valence-corrected chi connectivity index (χ4v) is 6.93. The number of anilines is 1. The van der Waals surface area contributed by atoms with E-state index in [0.29, 0.717) is 11.3 Å². The minimum absolute atomic E-state index is 0.406. The first-order valence-electron chi connectivity index (χ1n) is 9.69. The lowest BCUT2D eigenvalue weighted by molar-refractivity contribution is -0.00688. The summed E-state index contributed by atoms with van der Waals surface area (Å²) in [6, 6.07) is 0. The van der Waals surface area contributed by atoms with Crippen molar-refractivity contribution in [3.8, 4) is 0 Å². The second-order valence-corrected chi connectivity index (χ2v) is 9.53. The van der Waals surface area contributed by atoms with Crippen molar-refractivity contribution in [1.29, 1.82) is 0 Å². The van der Waals surface area contributed by atoms with Crippen molar-refractivity contribution in [3.05, 3.63) is 23.2 Å². The quantitative estimate of drug-likeness (QED) is 0.454. The zero-order valence-electron chi connectivity index (χ0n) is 14.3. The Balaban J connectivity index is 1.27. The van der Waals surface area contributed by atoms with Gasteiger partial charge in [-0.1, -0.05) is 12.2 Å². The first-order chi connectivity index (χ1) is 11.8. The molecule has 128 valence electrons. The molecule has 1 atom stereocenters. The molecule has 5 aliphatic carbocycles. The van der Waals surface area contributed by atoms with Crippen LogP contribution in [-0.2, 0) is 5.41 Å². The number of nitrogens with one attached hydrogen (secondary N) is 1. The van der Waals surface area contributed by atoms with E-state index >= 15 is 0 Å². The van der Waals surface area contributed by atoms with Gasteiger partial charge in [0.1, 0.15) is 0 Å². The largest absolute Gasteiger partial charge is 0.253 e. The minimum Gasteiger partial charge on any atom is -0.253 e. The molecule has 0 radical (unpaired) electrons. The molecule has 1 heterocycles. The average molecular weight is 342 g/mol. The van der Waals surface area contributed by atoms with Gasteiger partial charge in [-0.2, -0.15) is 5.10 Å². The molecule has 0 amide bonds. The zero-order chi connectivity index (χ0) is 16.0. The van der Waals surface area contributed by atoms with Gasteiger partial charge in [0.15, 0.2) is 0 Å². The number of hydrazone groups is 1. The molecule has 1 N–H and O–H groups in total. The first-order valence-corrected chi connectivity index (χ1v) is 10.6. The Kier molecular flexibility index (Phi) is 3.77. The number of nitrogens with zero attached hydrogens (tertiary/aromatic N) is 2. The third-order valence-electron chi connectivity index (χ3n) is 6.84. The maximum absolute atomic E-state index is 4.96. The van der Waals surface area contributed by atoms with Crippen molar-refractivity contribution in [2.24, 2.45) is 28.8 Å². The molecule has 1 aromatic rings. The van der Waals surface area contributed by atoms with Gasteiger partial charge in [0.2, 0.25) is 5.13 Å². The van der Waals surface area contributed by atoms with Gasteiger partial charge < -0.3 is 0 Å². The highest BCUT2D eigenvalue weighted by atomic mass is 32.1. The van der Waals surface area contributed by atoms with Gasteiger partial charge in [0.05, 0.1) is 5.69 Å². The molecule has 3 nitrogen and oxygen atoms in total.